The molecule has 4 aromatic rings. The van der Waals surface area contributed by atoms with Crippen LogP contribution < -0.4 is 4.90 Å². The Bertz CT molecular complexity index is 1450. The highest BCUT2D eigenvalue weighted by Gasteiger charge is 2.48. The van der Waals surface area contributed by atoms with Crippen LogP contribution in [0.15, 0.2) is 91.3 Å². The van der Waals surface area contributed by atoms with Gasteiger partial charge in [-0.15, -0.1) is 0 Å². The molecular formula is C31H27ClN2O4. The fourth-order valence-corrected chi connectivity index (χ4v) is 5.09. The first-order valence-corrected chi connectivity index (χ1v) is 12.8. The molecule has 0 spiro atoms. The quantitative estimate of drug-likeness (QED) is 0.201. The number of pyridine rings is 1. The number of carbonyl (C=O) groups is 2. The van der Waals surface area contributed by atoms with Gasteiger partial charge in [-0.2, -0.15) is 0 Å². The number of carbonyl (C=O) groups excluding carboxylic acids is 2. The topological polar surface area (TPSA) is 90.7 Å². The Hall–Kier alpha value is -4.00. The summed E-state index contributed by atoms with van der Waals surface area (Å²) < 4.78 is 0. The van der Waals surface area contributed by atoms with E-state index in [-0.39, 0.29) is 29.4 Å². The number of hydrogen-bond donors (Lipinski definition) is 2. The Kier molecular flexibility index (Phi) is 7.27. The number of aromatic nitrogens is 1. The minimum Gasteiger partial charge on any atom is -0.508 e. The lowest BCUT2D eigenvalue weighted by molar-refractivity contribution is -0.131. The number of amides is 1. The number of halogens is 1. The monoisotopic (exact) mass is 526 g/mol. The Morgan fingerprint density at radius 1 is 0.974 bits per heavy atom. The van der Waals surface area contributed by atoms with Crippen LogP contribution >= 0.6 is 11.6 Å². The van der Waals surface area contributed by atoms with Crippen LogP contribution in [0, 0.1) is 5.92 Å². The van der Waals surface area contributed by atoms with E-state index in [1.165, 1.54) is 6.92 Å². The van der Waals surface area contributed by atoms with E-state index in [9.17, 15) is 19.8 Å². The molecule has 2 N–H and O–H groups in total. The van der Waals surface area contributed by atoms with Crippen molar-refractivity contribution in [1.29, 1.82) is 0 Å². The van der Waals surface area contributed by atoms with Gasteiger partial charge in [0, 0.05) is 34.2 Å². The molecule has 6 nitrogen and oxygen atoms in total. The predicted octanol–water partition coefficient (Wildman–Crippen LogP) is 6.53. The van der Waals surface area contributed by atoms with Crippen molar-refractivity contribution < 1.29 is 19.8 Å². The molecule has 192 valence electrons. The summed E-state index contributed by atoms with van der Waals surface area (Å²) in [6, 6.07) is 23.1. The Morgan fingerprint density at radius 2 is 1.66 bits per heavy atom. The first-order valence-electron chi connectivity index (χ1n) is 12.4. The maximum absolute atomic E-state index is 13.4. The first kappa shape index (κ1) is 25.6. The number of hydrogen-bond acceptors (Lipinski definition) is 5. The zero-order valence-corrected chi connectivity index (χ0v) is 21.5. The minimum atomic E-state index is -0.701. The summed E-state index contributed by atoms with van der Waals surface area (Å²) in [6.07, 6.45) is 3.49. The summed E-state index contributed by atoms with van der Waals surface area (Å²) in [5, 5.41) is 21.1. The molecular weight excluding hydrogens is 500 g/mol. The smallest absolute Gasteiger partial charge is 0.233 e. The molecule has 7 heteroatoms. The van der Waals surface area contributed by atoms with Gasteiger partial charge in [-0.05, 0) is 78.9 Å². The van der Waals surface area contributed by atoms with Crippen LogP contribution in [0.4, 0.5) is 5.69 Å². The SMILES string of the molecule is CC(=O)c1cncc(-c2ccc(N3C(=O)[C@H](CC[C@H](O)c4ccc(Cl)cc4)[C@H]3c3ccc(O)cc3)cc2)c1. The normalized spacial score (nSPS) is 17.7. The first-order chi connectivity index (χ1) is 18.3. The number of anilines is 1. The standard InChI is InChI=1S/C31H27ClN2O4/c1-19(35)23-16-24(18-33-17-23)20-4-10-26(11-5-20)34-30(22-6-12-27(36)13-7-22)28(31(34)38)14-15-29(37)21-2-8-25(32)9-3-21/h2-13,16-18,28-30,36-37H,14-15H2,1H3/t28-,29+,30-/m1/s1. The summed E-state index contributed by atoms with van der Waals surface area (Å²) in [7, 11) is 0. The number of β-lactam (4-membered cyclic amide) rings is 1. The molecule has 3 aromatic carbocycles. The number of phenolic OH excluding ortho intramolecular Hbond substituents is 1. The maximum atomic E-state index is 13.4. The number of benzene rings is 3. The molecule has 5 rings (SSSR count). The number of Topliss-reactive ketones (excluding diaryl/α,β-unsaturated/α-hetero) is 1. The molecule has 0 radical (unpaired) electrons. The average molecular weight is 527 g/mol. The van der Waals surface area contributed by atoms with E-state index < -0.39 is 6.10 Å². The molecule has 1 aliphatic rings. The van der Waals surface area contributed by atoms with Crippen molar-refractivity contribution in [3.05, 3.63) is 113 Å². The predicted molar refractivity (Wildman–Crippen MR) is 147 cm³/mol. The van der Waals surface area contributed by atoms with Crippen LogP contribution in [-0.4, -0.2) is 26.9 Å². The molecule has 3 atom stereocenters. The largest absolute Gasteiger partial charge is 0.508 e. The lowest BCUT2D eigenvalue weighted by Crippen LogP contribution is -2.55. The second-order valence-electron chi connectivity index (χ2n) is 9.56. The van der Waals surface area contributed by atoms with Crippen molar-refractivity contribution in [2.45, 2.75) is 31.9 Å². The molecule has 0 saturated carbocycles. The fourth-order valence-electron chi connectivity index (χ4n) is 4.96. The molecule has 2 heterocycles. The Balaban J connectivity index is 1.38. The van der Waals surface area contributed by atoms with Crippen molar-refractivity contribution >= 4 is 29.0 Å². The van der Waals surface area contributed by atoms with Gasteiger partial charge in [-0.25, -0.2) is 0 Å². The second-order valence-corrected chi connectivity index (χ2v) is 10.00. The molecule has 1 saturated heterocycles. The number of nitrogens with zero attached hydrogens (tertiary/aromatic N) is 2. The molecule has 0 bridgehead atoms. The lowest BCUT2D eigenvalue weighted by atomic mass is 9.78. The van der Waals surface area contributed by atoms with Crippen molar-refractivity contribution in [3.8, 4) is 16.9 Å². The summed E-state index contributed by atoms with van der Waals surface area (Å²) in [5.74, 6) is -0.213. The van der Waals surface area contributed by atoms with Crippen LogP contribution in [0.1, 0.15) is 53.4 Å². The third-order valence-corrected chi connectivity index (χ3v) is 7.33. The van der Waals surface area contributed by atoms with E-state index in [0.717, 1.165) is 27.9 Å². The van der Waals surface area contributed by atoms with Gasteiger partial charge in [0.2, 0.25) is 5.91 Å². The third kappa shape index (κ3) is 5.19. The average Bonchev–Trinajstić information content (AvgIpc) is 2.93. The van der Waals surface area contributed by atoms with E-state index >= 15 is 0 Å². The molecule has 1 aromatic heterocycles. The molecule has 38 heavy (non-hydrogen) atoms. The Morgan fingerprint density at radius 3 is 2.32 bits per heavy atom. The van der Waals surface area contributed by atoms with Gasteiger partial charge in [0.1, 0.15) is 5.75 Å². The number of aromatic hydroxyl groups is 1. The number of aliphatic hydroxyl groups is 1. The van der Waals surface area contributed by atoms with Crippen LogP contribution in [-0.2, 0) is 4.79 Å². The van der Waals surface area contributed by atoms with E-state index in [2.05, 4.69) is 4.98 Å². The maximum Gasteiger partial charge on any atom is 0.233 e. The van der Waals surface area contributed by atoms with Crippen molar-refractivity contribution in [2.24, 2.45) is 5.92 Å². The van der Waals surface area contributed by atoms with Crippen LogP contribution in [0.25, 0.3) is 11.1 Å². The van der Waals surface area contributed by atoms with E-state index in [0.29, 0.717) is 23.4 Å². The summed E-state index contributed by atoms with van der Waals surface area (Å²) in [4.78, 5) is 31.1. The third-order valence-electron chi connectivity index (χ3n) is 7.08. The number of rotatable bonds is 8. The zero-order valence-electron chi connectivity index (χ0n) is 20.8. The van der Waals surface area contributed by atoms with E-state index in [4.69, 9.17) is 11.6 Å². The van der Waals surface area contributed by atoms with Crippen LogP contribution in [0.5, 0.6) is 5.75 Å². The number of aliphatic hydroxyl groups excluding tert-OH is 1. The summed E-state index contributed by atoms with van der Waals surface area (Å²) >= 11 is 5.96. The van der Waals surface area contributed by atoms with Gasteiger partial charge in [0.05, 0.1) is 18.1 Å². The van der Waals surface area contributed by atoms with Crippen molar-refractivity contribution in [2.75, 3.05) is 4.90 Å². The Labute approximate surface area is 226 Å². The zero-order chi connectivity index (χ0) is 26.8. The fraction of sp³-hybridized carbons (Fsp3) is 0.194. The molecule has 0 unspecified atom stereocenters. The van der Waals surface area contributed by atoms with Crippen LogP contribution in [0.2, 0.25) is 5.02 Å². The van der Waals surface area contributed by atoms with Gasteiger partial charge in [-0.3, -0.25) is 14.6 Å². The van der Waals surface area contributed by atoms with Crippen molar-refractivity contribution in [1.82, 2.24) is 4.98 Å². The van der Waals surface area contributed by atoms with Gasteiger partial charge in [0.25, 0.3) is 0 Å². The summed E-state index contributed by atoms with van der Waals surface area (Å²) in [6.45, 7) is 1.51. The summed E-state index contributed by atoms with van der Waals surface area (Å²) in [5.41, 5.74) is 4.68. The van der Waals surface area contributed by atoms with E-state index in [1.54, 1.807) is 59.8 Å². The molecule has 1 amide bonds. The minimum absolute atomic E-state index is 0.0145. The second kappa shape index (κ2) is 10.8. The number of ketones is 1. The molecule has 1 fully saturated rings. The van der Waals surface area contributed by atoms with Crippen LogP contribution in [0.3, 0.4) is 0 Å². The number of phenols is 1. The van der Waals surface area contributed by atoms with Gasteiger partial charge >= 0.3 is 0 Å². The van der Waals surface area contributed by atoms with Gasteiger partial charge in [-0.1, -0.05) is 48.0 Å². The highest BCUT2D eigenvalue weighted by molar-refractivity contribution is 6.30. The van der Waals surface area contributed by atoms with E-state index in [1.807, 2.05) is 36.4 Å². The molecule has 1 aliphatic heterocycles. The highest BCUT2D eigenvalue weighted by Crippen LogP contribution is 2.46. The highest BCUT2D eigenvalue weighted by atomic mass is 35.5. The molecule has 0 aliphatic carbocycles. The van der Waals surface area contributed by atoms with Gasteiger partial charge < -0.3 is 15.1 Å². The van der Waals surface area contributed by atoms with Gasteiger partial charge in [0.15, 0.2) is 5.78 Å². The lowest BCUT2D eigenvalue weighted by Gasteiger charge is -2.48. The van der Waals surface area contributed by atoms with Crippen molar-refractivity contribution in [3.63, 3.8) is 0 Å².